The Bertz CT molecular complexity index is 1430. The summed E-state index contributed by atoms with van der Waals surface area (Å²) in [5.74, 6) is 0.576. The topological polar surface area (TPSA) is 27.8 Å². The van der Waals surface area contributed by atoms with Gasteiger partial charge in [-0.2, -0.15) is 0 Å². The van der Waals surface area contributed by atoms with E-state index in [1.807, 2.05) is 0 Å². The first-order chi connectivity index (χ1) is 15.9. The van der Waals surface area contributed by atoms with Gasteiger partial charge in [-0.3, -0.25) is 0 Å². The fourth-order valence-corrected chi connectivity index (χ4v) is 5.96. The van der Waals surface area contributed by atoms with Crippen LogP contribution in [0.25, 0.3) is 22.0 Å². The summed E-state index contributed by atoms with van der Waals surface area (Å²) in [6, 6.07) is 35.3. The maximum atomic E-state index is 3.64. The highest BCUT2D eigenvalue weighted by Gasteiger charge is 2.38. The minimum absolute atomic E-state index is 0.576. The van der Waals surface area contributed by atoms with E-state index in [4.69, 9.17) is 0 Å². The first-order valence-electron chi connectivity index (χ1n) is 11.5. The summed E-state index contributed by atoms with van der Waals surface area (Å²) in [7, 11) is 0. The summed E-state index contributed by atoms with van der Waals surface area (Å²) in [5, 5.41) is 4.99. The monoisotopic (exact) mass is 412 g/mol. The SMILES string of the molecule is c1ccc2c(c1)C[C@@H]1Nc3ccccc3[C@H]21.c1ccc2c(c1)Cc1[nH]c3ccccc3c1-2. The van der Waals surface area contributed by atoms with E-state index in [1.54, 1.807) is 0 Å². The summed E-state index contributed by atoms with van der Waals surface area (Å²) in [5.41, 5.74) is 12.7. The molecule has 1 aliphatic heterocycles. The number of benzene rings is 4. The maximum Gasteiger partial charge on any atom is 0.0462 e. The number of aromatic nitrogens is 1. The van der Waals surface area contributed by atoms with E-state index in [1.165, 1.54) is 55.7 Å². The number of H-pyrrole nitrogens is 1. The second-order valence-corrected chi connectivity index (χ2v) is 9.08. The minimum atomic E-state index is 0.576. The average molecular weight is 413 g/mol. The van der Waals surface area contributed by atoms with Crippen molar-refractivity contribution in [3.63, 3.8) is 0 Å². The molecule has 0 unspecified atom stereocenters. The van der Waals surface area contributed by atoms with E-state index in [2.05, 4.69) is 107 Å². The Morgan fingerprint density at radius 1 is 0.656 bits per heavy atom. The molecule has 2 N–H and O–H groups in total. The number of anilines is 1. The molecular formula is C30H24N2. The third kappa shape index (κ3) is 2.59. The zero-order valence-electron chi connectivity index (χ0n) is 17.8. The fourth-order valence-electron chi connectivity index (χ4n) is 5.96. The lowest BCUT2D eigenvalue weighted by atomic mass is 9.93. The van der Waals surface area contributed by atoms with Crippen LogP contribution in [-0.4, -0.2) is 11.0 Å². The van der Waals surface area contributed by atoms with E-state index >= 15 is 0 Å². The van der Waals surface area contributed by atoms with Crippen molar-refractivity contribution in [1.29, 1.82) is 0 Å². The molecule has 0 fully saturated rings. The fraction of sp³-hybridized carbons (Fsp3) is 0.133. The molecule has 0 spiro atoms. The molecule has 8 rings (SSSR count). The van der Waals surface area contributed by atoms with Gasteiger partial charge in [0.1, 0.15) is 0 Å². The molecule has 0 bridgehead atoms. The normalized spacial score (nSPS) is 18.6. The molecule has 154 valence electrons. The summed E-state index contributed by atoms with van der Waals surface area (Å²) in [6.45, 7) is 0. The van der Waals surface area contributed by atoms with Crippen molar-refractivity contribution >= 4 is 16.6 Å². The number of aromatic amines is 1. The van der Waals surface area contributed by atoms with Crippen LogP contribution in [0.2, 0.25) is 0 Å². The predicted molar refractivity (Wildman–Crippen MR) is 132 cm³/mol. The number of rotatable bonds is 0. The molecular weight excluding hydrogens is 388 g/mol. The van der Waals surface area contributed by atoms with Crippen LogP contribution in [0.4, 0.5) is 5.69 Å². The van der Waals surface area contributed by atoms with E-state index in [-0.39, 0.29) is 0 Å². The van der Waals surface area contributed by atoms with Crippen LogP contribution in [0.15, 0.2) is 97.1 Å². The Kier molecular flexibility index (Phi) is 3.83. The molecule has 2 atom stereocenters. The van der Waals surface area contributed by atoms with Crippen LogP contribution in [0.3, 0.4) is 0 Å². The Balaban J connectivity index is 0.000000113. The van der Waals surface area contributed by atoms with Crippen molar-refractivity contribution in [1.82, 2.24) is 4.98 Å². The number of hydrogen-bond acceptors (Lipinski definition) is 1. The number of fused-ring (bicyclic) bond motifs is 10. The quantitative estimate of drug-likeness (QED) is 0.279. The van der Waals surface area contributed by atoms with Gasteiger partial charge in [-0.05, 0) is 46.4 Å². The molecule has 2 aliphatic carbocycles. The van der Waals surface area contributed by atoms with Crippen LogP contribution in [-0.2, 0) is 12.8 Å². The second-order valence-electron chi connectivity index (χ2n) is 9.08. The van der Waals surface area contributed by atoms with Crippen LogP contribution < -0.4 is 5.32 Å². The van der Waals surface area contributed by atoms with E-state index in [9.17, 15) is 0 Å². The van der Waals surface area contributed by atoms with Gasteiger partial charge in [-0.1, -0.05) is 84.9 Å². The molecule has 32 heavy (non-hydrogen) atoms. The Morgan fingerprint density at radius 2 is 1.38 bits per heavy atom. The number of hydrogen-bond donors (Lipinski definition) is 2. The van der Waals surface area contributed by atoms with Crippen molar-refractivity contribution in [2.45, 2.75) is 24.8 Å². The molecule has 1 aromatic heterocycles. The van der Waals surface area contributed by atoms with Gasteiger partial charge in [0.15, 0.2) is 0 Å². The molecule has 2 nitrogen and oxygen atoms in total. The van der Waals surface area contributed by atoms with E-state index < -0.39 is 0 Å². The highest BCUT2D eigenvalue weighted by Crippen LogP contribution is 2.46. The molecule has 5 aromatic rings. The number of para-hydroxylation sites is 2. The zero-order valence-corrected chi connectivity index (χ0v) is 17.8. The smallest absolute Gasteiger partial charge is 0.0462 e. The van der Waals surface area contributed by atoms with Gasteiger partial charge in [-0.15, -0.1) is 0 Å². The summed E-state index contributed by atoms with van der Waals surface area (Å²) >= 11 is 0. The Morgan fingerprint density at radius 3 is 2.31 bits per heavy atom. The van der Waals surface area contributed by atoms with E-state index in [0.717, 1.165) is 12.8 Å². The maximum absolute atomic E-state index is 3.64. The highest BCUT2D eigenvalue weighted by molar-refractivity contribution is 6.00. The first-order valence-corrected chi connectivity index (χ1v) is 11.5. The molecule has 3 aliphatic rings. The zero-order chi connectivity index (χ0) is 21.1. The number of nitrogens with one attached hydrogen (secondary N) is 2. The summed E-state index contributed by atoms with van der Waals surface area (Å²) in [6.07, 6.45) is 2.20. The Hall–Kier alpha value is -3.78. The standard InChI is InChI=1S/C15H13N.C15H11N/c2*1-2-6-11-10(5-1)9-14-15(11)12-7-3-4-8-13(12)16-14/h1-8,14-16H,9H2;1-8,16H,9H2/t14-,15-;/m0./s1. The van der Waals surface area contributed by atoms with E-state index in [0.29, 0.717) is 12.0 Å². The van der Waals surface area contributed by atoms with Crippen molar-refractivity contribution < 1.29 is 0 Å². The lowest BCUT2D eigenvalue weighted by Gasteiger charge is -2.10. The van der Waals surface area contributed by atoms with Crippen molar-refractivity contribution in [3.05, 3.63) is 125 Å². The highest BCUT2D eigenvalue weighted by atomic mass is 15.0. The molecule has 2 heterocycles. The third-order valence-electron chi connectivity index (χ3n) is 7.31. The summed E-state index contributed by atoms with van der Waals surface area (Å²) in [4.78, 5) is 3.52. The molecule has 2 heteroatoms. The van der Waals surface area contributed by atoms with Crippen LogP contribution in [0.1, 0.15) is 33.9 Å². The third-order valence-corrected chi connectivity index (χ3v) is 7.31. The molecule has 0 radical (unpaired) electrons. The van der Waals surface area contributed by atoms with Gasteiger partial charge < -0.3 is 10.3 Å². The van der Waals surface area contributed by atoms with Crippen molar-refractivity contribution in [2.24, 2.45) is 0 Å². The van der Waals surface area contributed by atoms with Crippen LogP contribution in [0, 0.1) is 0 Å². The minimum Gasteiger partial charge on any atom is -0.381 e. The van der Waals surface area contributed by atoms with Crippen LogP contribution in [0.5, 0.6) is 0 Å². The van der Waals surface area contributed by atoms with Gasteiger partial charge in [-0.25, -0.2) is 0 Å². The van der Waals surface area contributed by atoms with Gasteiger partial charge in [0.05, 0.1) is 0 Å². The van der Waals surface area contributed by atoms with Crippen LogP contribution >= 0.6 is 0 Å². The first kappa shape index (κ1) is 17.9. The van der Waals surface area contributed by atoms with Crippen molar-refractivity contribution in [3.8, 4) is 11.1 Å². The lowest BCUT2D eigenvalue weighted by Crippen LogP contribution is -2.16. The Labute approximate surface area is 187 Å². The summed E-state index contributed by atoms with van der Waals surface area (Å²) < 4.78 is 0. The molecule has 0 amide bonds. The molecule has 0 saturated heterocycles. The van der Waals surface area contributed by atoms with Crippen molar-refractivity contribution in [2.75, 3.05) is 5.32 Å². The molecule has 0 saturated carbocycles. The predicted octanol–water partition coefficient (Wildman–Crippen LogP) is 6.91. The average Bonchev–Trinajstić information content (AvgIpc) is 3.56. The largest absolute Gasteiger partial charge is 0.381 e. The second kappa shape index (κ2) is 6.86. The molecule has 4 aromatic carbocycles. The van der Waals surface area contributed by atoms with Gasteiger partial charge in [0.2, 0.25) is 0 Å². The van der Waals surface area contributed by atoms with Gasteiger partial charge in [0.25, 0.3) is 0 Å². The van der Waals surface area contributed by atoms with Gasteiger partial charge >= 0.3 is 0 Å². The van der Waals surface area contributed by atoms with Gasteiger partial charge in [0, 0.05) is 46.2 Å². The lowest BCUT2D eigenvalue weighted by molar-refractivity contribution is 0.727.